The van der Waals surface area contributed by atoms with Crippen molar-refractivity contribution >= 4 is 11.3 Å². The Morgan fingerprint density at radius 2 is 2.06 bits per heavy atom. The van der Waals surface area contributed by atoms with Crippen molar-refractivity contribution in [3.05, 3.63) is 28.8 Å². The van der Waals surface area contributed by atoms with Gasteiger partial charge in [0.15, 0.2) is 0 Å². The van der Waals surface area contributed by atoms with E-state index in [1.165, 1.54) is 11.3 Å². The van der Waals surface area contributed by atoms with Gasteiger partial charge in [-0.1, -0.05) is 0 Å². The molecule has 5 heteroatoms. The molecule has 0 saturated heterocycles. The summed E-state index contributed by atoms with van der Waals surface area (Å²) in [5, 5.41) is 10.1. The molecular weight excluding hydrogens is 250 g/mol. The van der Waals surface area contributed by atoms with E-state index in [0.717, 1.165) is 26.9 Å². The van der Waals surface area contributed by atoms with Crippen LogP contribution in [0.1, 0.15) is 10.6 Å². The van der Waals surface area contributed by atoms with E-state index in [1.54, 1.807) is 14.2 Å². The lowest BCUT2D eigenvalue weighted by Crippen LogP contribution is -1.90. The van der Waals surface area contributed by atoms with Gasteiger partial charge in [-0.3, -0.25) is 0 Å². The van der Waals surface area contributed by atoms with Gasteiger partial charge in [0.2, 0.25) is 0 Å². The van der Waals surface area contributed by atoms with E-state index in [9.17, 15) is 5.11 Å². The van der Waals surface area contributed by atoms with Crippen molar-refractivity contribution in [2.75, 3.05) is 14.2 Å². The molecule has 1 heterocycles. The minimum absolute atomic E-state index is 0.0158. The van der Waals surface area contributed by atoms with Crippen molar-refractivity contribution in [3.63, 3.8) is 0 Å². The Hall–Kier alpha value is -1.59. The van der Waals surface area contributed by atoms with Crippen LogP contribution in [0.5, 0.6) is 11.5 Å². The summed E-state index contributed by atoms with van der Waals surface area (Å²) in [6.45, 7) is 1.91. The lowest BCUT2D eigenvalue weighted by Gasteiger charge is -2.08. The maximum absolute atomic E-state index is 9.21. The van der Waals surface area contributed by atoms with Gasteiger partial charge < -0.3 is 14.6 Å². The minimum atomic E-state index is 0.0158. The Balaban J connectivity index is 2.48. The molecule has 0 radical (unpaired) electrons. The summed E-state index contributed by atoms with van der Waals surface area (Å²) in [6, 6.07) is 5.61. The molecule has 0 amide bonds. The third-order valence-electron chi connectivity index (χ3n) is 2.68. The van der Waals surface area contributed by atoms with Gasteiger partial charge in [-0.15, -0.1) is 11.3 Å². The summed E-state index contributed by atoms with van der Waals surface area (Å²) in [7, 11) is 3.23. The standard InChI is InChI=1S/C13H15NO3S/c1-8-12(7-15)18-13(14-8)10-5-4-9(16-2)6-11(10)17-3/h4-6,15H,7H2,1-3H3. The maximum atomic E-state index is 9.21. The molecule has 0 spiro atoms. The fourth-order valence-electron chi connectivity index (χ4n) is 1.67. The Morgan fingerprint density at radius 3 is 2.61 bits per heavy atom. The first-order valence-corrected chi connectivity index (χ1v) is 6.30. The Morgan fingerprint density at radius 1 is 1.28 bits per heavy atom. The van der Waals surface area contributed by atoms with E-state index in [4.69, 9.17) is 9.47 Å². The summed E-state index contributed by atoms with van der Waals surface area (Å²) < 4.78 is 10.5. The molecule has 1 aromatic heterocycles. The second-order valence-electron chi connectivity index (χ2n) is 3.75. The molecule has 0 aliphatic carbocycles. The molecule has 0 fully saturated rings. The van der Waals surface area contributed by atoms with Crippen LogP contribution in [0.15, 0.2) is 18.2 Å². The summed E-state index contributed by atoms with van der Waals surface area (Å²) in [6.07, 6.45) is 0. The molecule has 0 aliphatic heterocycles. The minimum Gasteiger partial charge on any atom is -0.497 e. The number of hydrogen-bond donors (Lipinski definition) is 1. The average Bonchev–Trinajstić information content (AvgIpc) is 2.79. The maximum Gasteiger partial charge on any atom is 0.132 e. The van der Waals surface area contributed by atoms with Crippen LogP contribution in [0.25, 0.3) is 10.6 Å². The molecule has 0 atom stereocenters. The normalized spacial score (nSPS) is 10.4. The molecule has 96 valence electrons. The van der Waals surface area contributed by atoms with Gasteiger partial charge in [0, 0.05) is 6.07 Å². The number of methoxy groups -OCH3 is 2. The Kier molecular flexibility index (Phi) is 3.84. The highest BCUT2D eigenvalue weighted by Crippen LogP contribution is 2.36. The number of ether oxygens (including phenoxy) is 2. The van der Waals surface area contributed by atoms with Crippen molar-refractivity contribution in [2.24, 2.45) is 0 Å². The molecule has 0 saturated carbocycles. The predicted octanol–water partition coefficient (Wildman–Crippen LogP) is 2.63. The molecule has 1 N–H and O–H groups in total. The van der Waals surface area contributed by atoms with Crippen LogP contribution in [0, 0.1) is 6.92 Å². The van der Waals surface area contributed by atoms with Crippen molar-refractivity contribution in [1.82, 2.24) is 4.98 Å². The van der Waals surface area contributed by atoms with Crippen molar-refractivity contribution < 1.29 is 14.6 Å². The number of thiazole rings is 1. The van der Waals surface area contributed by atoms with Crippen LogP contribution >= 0.6 is 11.3 Å². The van der Waals surface area contributed by atoms with Crippen molar-refractivity contribution in [1.29, 1.82) is 0 Å². The first kappa shape index (κ1) is 12.9. The van der Waals surface area contributed by atoms with Crippen molar-refractivity contribution in [2.45, 2.75) is 13.5 Å². The van der Waals surface area contributed by atoms with Gasteiger partial charge in [0.05, 0.1) is 37.0 Å². The third-order valence-corrected chi connectivity index (χ3v) is 3.85. The molecule has 18 heavy (non-hydrogen) atoms. The van der Waals surface area contributed by atoms with E-state index in [0.29, 0.717) is 5.75 Å². The van der Waals surface area contributed by atoms with Gasteiger partial charge in [-0.25, -0.2) is 4.98 Å². The van der Waals surface area contributed by atoms with Crippen LogP contribution < -0.4 is 9.47 Å². The van der Waals surface area contributed by atoms with Crippen LogP contribution in [0.4, 0.5) is 0 Å². The fraction of sp³-hybridized carbons (Fsp3) is 0.308. The highest BCUT2D eigenvalue weighted by Gasteiger charge is 2.13. The Bertz CT molecular complexity index is 551. The van der Waals surface area contributed by atoms with Gasteiger partial charge in [0.1, 0.15) is 16.5 Å². The van der Waals surface area contributed by atoms with E-state index in [-0.39, 0.29) is 6.61 Å². The quantitative estimate of drug-likeness (QED) is 0.923. The van der Waals surface area contributed by atoms with Gasteiger partial charge in [-0.2, -0.15) is 0 Å². The SMILES string of the molecule is COc1ccc(-c2nc(C)c(CO)s2)c(OC)c1. The van der Waals surface area contributed by atoms with Gasteiger partial charge >= 0.3 is 0 Å². The first-order valence-electron chi connectivity index (χ1n) is 5.49. The summed E-state index contributed by atoms with van der Waals surface area (Å²) >= 11 is 1.47. The van der Waals surface area contributed by atoms with Crippen LogP contribution in [0.3, 0.4) is 0 Å². The smallest absolute Gasteiger partial charge is 0.132 e. The Labute approximate surface area is 110 Å². The largest absolute Gasteiger partial charge is 0.497 e. The number of hydrogen-bond acceptors (Lipinski definition) is 5. The predicted molar refractivity (Wildman–Crippen MR) is 71.3 cm³/mol. The van der Waals surface area contributed by atoms with Crippen LogP contribution in [-0.4, -0.2) is 24.3 Å². The average molecular weight is 265 g/mol. The molecule has 2 aromatic rings. The zero-order valence-electron chi connectivity index (χ0n) is 10.6. The zero-order valence-corrected chi connectivity index (χ0v) is 11.4. The lowest BCUT2D eigenvalue weighted by molar-refractivity contribution is 0.284. The van der Waals surface area contributed by atoms with Gasteiger partial charge in [-0.05, 0) is 19.1 Å². The molecular formula is C13H15NO3S. The molecule has 2 rings (SSSR count). The highest BCUT2D eigenvalue weighted by atomic mass is 32.1. The molecule has 0 unspecified atom stereocenters. The summed E-state index contributed by atoms with van der Waals surface area (Å²) in [5.41, 5.74) is 1.77. The van der Waals surface area contributed by atoms with Crippen LogP contribution in [-0.2, 0) is 6.61 Å². The number of rotatable bonds is 4. The zero-order chi connectivity index (χ0) is 13.1. The highest BCUT2D eigenvalue weighted by molar-refractivity contribution is 7.15. The molecule has 0 aliphatic rings. The molecule has 4 nitrogen and oxygen atoms in total. The fourth-order valence-corrected chi connectivity index (χ4v) is 2.62. The number of nitrogens with zero attached hydrogens (tertiary/aromatic N) is 1. The molecule has 1 aromatic carbocycles. The number of aromatic nitrogens is 1. The number of benzene rings is 1. The number of aliphatic hydroxyl groups excluding tert-OH is 1. The summed E-state index contributed by atoms with van der Waals surface area (Å²) in [4.78, 5) is 5.33. The number of aliphatic hydroxyl groups is 1. The van der Waals surface area contributed by atoms with E-state index >= 15 is 0 Å². The topological polar surface area (TPSA) is 51.6 Å². The summed E-state index contributed by atoms with van der Waals surface area (Å²) in [5.74, 6) is 1.46. The lowest BCUT2D eigenvalue weighted by atomic mass is 10.2. The van der Waals surface area contributed by atoms with Crippen molar-refractivity contribution in [3.8, 4) is 22.1 Å². The van der Waals surface area contributed by atoms with E-state index in [2.05, 4.69) is 4.98 Å². The third kappa shape index (κ3) is 2.32. The second-order valence-corrected chi connectivity index (χ2v) is 4.84. The van der Waals surface area contributed by atoms with E-state index in [1.807, 2.05) is 25.1 Å². The second kappa shape index (κ2) is 5.37. The monoisotopic (exact) mass is 265 g/mol. The number of aryl methyl sites for hydroxylation is 1. The molecule has 0 bridgehead atoms. The van der Waals surface area contributed by atoms with Crippen LogP contribution in [0.2, 0.25) is 0 Å². The first-order chi connectivity index (χ1) is 8.69. The van der Waals surface area contributed by atoms with E-state index < -0.39 is 0 Å². The van der Waals surface area contributed by atoms with Gasteiger partial charge in [0.25, 0.3) is 0 Å².